The molecule has 2 N–H and O–H groups in total. The molecule has 162 valence electrons. The first-order valence-electron chi connectivity index (χ1n) is 10.2. The minimum absolute atomic E-state index is 0. The van der Waals surface area contributed by atoms with Gasteiger partial charge < -0.3 is 20.3 Å². The fraction of sp³-hybridized carbons (Fsp3) is 0.650. The van der Waals surface area contributed by atoms with E-state index in [2.05, 4.69) is 20.6 Å². The second-order valence-electron chi connectivity index (χ2n) is 7.30. The maximum absolute atomic E-state index is 12.6. The number of likely N-dealkylation sites (tertiary alicyclic amines) is 1. The number of carbonyl (C=O) groups is 1. The Kier molecular flexibility index (Phi) is 10.3. The Balaban J connectivity index is 0.00000300. The van der Waals surface area contributed by atoms with E-state index in [0.717, 1.165) is 44.9 Å². The summed E-state index contributed by atoms with van der Waals surface area (Å²) in [6, 6.07) is 3.75. The van der Waals surface area contributed by atoms with Crippen LogP contribution in [0.5, 0.6) is 5.88 Å². The fourth-order valence-electron chi connectivity index (χ4n) is 3.80. The molecule has 1 unspecified atom stereocenters. The first kappa shape index (κ1) is 24.0. The van der Waals surface area contributed by atoms with Crippen LogP contribution in [0.1, 0.15) is 39.0 Å². The van der Waals surface area contributed by atoms with Crippen molar-refractivity contribution in [1.82, 2.24) is 20.5 Å². The highest BCUT2D eigenvalue weighted by atomic mass is 127. The van der Waals surface area contributed by atoms with E-state index in [9.17, 15) is 4.79 Å². The first-order valence-corrected chi connectivity index (χ1v) is 10.6. The van der Waals surface area contributed by atoms with Gasteiger partial charge in [-0.1, -0.05) is 24.4 Å². The zero-order chi connectivity index (χ0) is 19.8. The summed E-state index contributed by atoms with van der Waals surface area (Å²) >= 11 is 6.03. The van der Waals surface area contributed by atoms with Gasteiger partial charge in [0.05, 0.1) is 6.54 Å². The summed E-state index contributed by atoms with van der Waals surface area (Å²) in [5.41, 5.74) is 0. The molecule has 29 heavy (non-hydrogen) atoms. The lowest BCUT2D eigenvalue weighted by Crippen LogP contribution is -2.45. The summed E-state index contributed by atoms with van der Waals surface area (Å²) in [5.74, 6) is 1.76. The number of halogens is 2. The quantitative estimate of drug-likeness (QED) is 0.243. The predicted molar refractivity (Wildman–Crippen MR) is 126 cm³/mol. The van der Waals surface area contributed by atoms with Gasteiger partial charge in [-0.05, 0) is 38.3 Å². The first-order chi connectivity index (χ1) is 13.7. The Morgan fingerprint density at radius 3 is 2.90 bits per heavy atom. The molecular weight excluding hydrogens is 505 g/mol. The second kappa shape index (κ2) is 12.4. The van der Waals surface area contributed by atoms with Crippen molar-refractivity contribution in [2.75, 3.05) is 32.8 Å². The Bertz CT molecular complexity index is 685. The molecule has 1 saturated heterocycles. The lowest BCUT2D eigenvalue weighted by atomic mass is 10.1. The number of carbonyl (C=O) groups excluding carboxylic acids is 1. The number of rotatable bonds is 7. The van der Waals surface area contributed by atoms with Gasteiger partial charge in [0.1, 0.15) is 11.6 Å². The number of ether oxygens (including phenoxy) is 1. The van der Waals surface area contributed by atoms with Gasteiger partial charge in [0.2, 0.25) is 11.8 Å². The molecular formula is C20H31ClIN5O2. The molecule has 2 fully saturated rings. The molecule has 9 heteroatoms. The van der Waals surface area contributed by atoms with Gasteiger partial charge in [-0.15, -0.1) is 24.0 Å². The van der Waals surface area contributed by atoms with Crippen LogP contribution in [0.4, 0.5) is 0 Å². The number of aromatic nitrogens is 1. The van der Waals surface area contributed by atoms with Crippen LogP contribution in [0.25, 0.3) is 0 Å². The zero-order valence-corrected chi connectivity index (χ0v) is 20.0. The highest BCUT2D eigenvalue weighted by Crippen LogP contribution is 2.27. The van der Waals surface area contributed by atoms with Crippen molar-refractivity contribution < 1.29 is 9.53 Å². The molecule has 1 aliphatic carbocycles. The summed E-state index contributed by atoms with van der Waals surface area (Å²) < 4.78 is 5.58. The molecule has 3 rings (SSSR count). The number of nitrogens with zero attached hydrogens (tertiary/aromatic N) is 3. The van der Waals surface area contributed by atoms with Gasteiger partial charge in [-0.25, -0.2) is 9.98 Å². The van der Waals surface area contributed by atoms with E-state index in [1.807, 2.05) is 11.8 Å². The van der Waals surface area contributed by atoms with Crippen molar-refractivity contribution >= 4 is 47.4 Å². The van der Waals surface area contributed by atoms with Gasteiger partial charge in [-0.3, -0.25) is 4.79 Å². The van der Waals surface area contributed by atoms with E-state index in [4.69, 9.17) is 16.3 Å². The largest absolute Gasteiger partial charge is 0.475 e. The summed E-state index contributed by atoms with van der Waals surface area (Å²) in [6.45, 7) is 5.26. The number of pyridine rings is 1. The number of nitrogens with one attached hydrogen (secondary N) is 2. The minimum atomic E-state index is 0. The Hall–Kier alpha value is -1.29. The molecule has 0 radical (unpaired) electrons. The highest BCUT2D eigenvalue weighted by Gasteiger charge is 2.32. The third kappa shape index (κ3) is 7.16. The molecule has 1 aromatic heterocycles. The van der Waals surface area contributed by atoms with Gasteiger partial charge >= 0.3 is 0 Å². The maximum Gasteiger partial charge on any atom is 0.232 e. The van der Waals surface area contributed by atoms with Crippen molar-refractivity contribution in [2.45, 2.75) is 45.1 Å². The second-order valence-corrected chi connectivity index (χ2v) is 7.70. The van der Waals surface area contributed by atoms with Crippen LogP contribution >= 0.6 is 35.6 Å². The number of hydrogen-bond donors (Lipinski definition) is 2. The number of aliphatic imine (C=N–C) groups is 1. The van der Waals surface area contributed by atoms with E-state index in [1.54, 1.807) is 18.3 Å². The molecule has 2 heterocycles. The van der Waals surface area contributed by atoms with E-state index in [1.165, 1.54) is 12.8 Å². The summed E-state index contributed by atoms with van der Waals surface area (Å²) in [5, 5.41) is 7.20. The van der Waals surface area contributed by atoms with E-state index >= 15 is 0 Å². The lowest BCUT2D eigenvalue weighted by molar-refractivity contribution is -0.134. The number of hydrogen-bond acceptors (Lipinski definition) is 4. The van der Waals surface area contributed by atoms with Crippen LogP contribution in [-0.2, 0) is 4.79 Å². The van der Waals surface area contributed by atoms with Gasteiger partial charge in [0, 0.05) is 37.8 Å². The molecule has 7 nitrogen and oxygen atoms in total. The Morgan fingerprint density at radius 1 is 1.38 bits per heavy atom. The molecule has 1 amide bonds. The van der Waals surface area contributed by atoms with Crippen LogP contribution in [0.3, 0.4) is 0 Å². The summed E-state index contributed by atoms with van der Waals surface area (Å²) in [4.78, 5) is 23.3. The number of guanidine groups is 1. The standard InChI is InChI=1S/C20H30ClN5O2.HI/c1-2-22-20(24-11-13-28-18-17(21)8-5-10-23-18)25-16-9-12-26(14-16)19(27)15-6-3-4-7-15;/h5,8,10,15-16H,2-4,6-7,9,11-14H2,1H3,(H2,22,24,25);1H. The highest BCUT2D eigenvalue weighted by molar-refractivity contribution is 14.0. The molecule has 0 aromatic carbocycles. The summed E-state index contributed by atoms with van der Waals surface area (Å²) in [7, 11) is 0. The molecule has 2 aliphatic rings. The van der Waals surface area contributed by atoms with E-state index in [0.29, 0.717) is 30.0 Å². The average Bonchev–Trinajstić information content (AvgIpc) is 3.38. The van der Waals surface area contributed by atoms with Crippen LogP contribution in [0, 0.1) is 5.92 Å². The zero-order valence-electron chi connectivity index (χ0n) is 16.9. The third-order valence-corrected chi connectivity index (χ3v) is 5.50. The van der Waals surface area contributed by atoms with Crippen LogP contribution in [0.2, 0.25) is 5.02 Å². The van der Waals surface area contributed by atoms with E-state index < -0.39 is 0 Å². The normalized spacial score (nSPS) is 19.7. The van der Waals surface area contributed by atoms with Crippen molar-refractivity contribution in [2.24, 2.45) is 10.9 Å². The Labute approximate surface area is 195 Å². The maximum atomic E-state index is 12.6. The van der Waals surface area contributed by atoms with Crippen LogP contribution < -0.4 is 15.4 Å². The topological polar surface area (TPSA) is 78.9 Å². The van der Waals surface area contributed by atoms with E-state index in [-0.39, 0.29) is 35.9 Å². The summed E-state index contributed by atoms with van der Waals surface area (Å²) in [6.07, 6.45) is 7.08. The smallest absolute Gasteiger partial charge is 0.232 e. The molecule has 1 saturated carbocycles. The molecule has 0 spiro atoms. The molecule has 1 aromatic rings. The van der Waals surface area contributed by atoms with Crippen molar-refractivity contribution in [1.29, 1.82) is 0 Å². The van der Waals surface area contributed by atoms with Crippen molar-refractivity contribution in [3.8, 4) is 5.88 Å². The monoisotopic (exact) mass is 535 g/mol. The molecule has 1 atom stereocenters. The SMILES string of the molecule is CCNC(=NCCOc1ncccc1Cl)NC1CCN(C(=O)C2CCCC2)C1.I. The molecule has 1 aliphatic heterocycles. The molecule has 0 bridgehead atoms. The Morgan fingerprint density at radius 2 is 2.17 bits per heavy atom. The lowest BCUT2D eigenvalue weighted by Gasteiger charge is -2.21. The van der Waals surface area contributed by atoms with Crippen molar-refractivity contribution in [3.63, 3.8) is 0 Å². The van der Waals surface area contributed by atoms with Crippen LogP contribution in [-0.4, -0.2) is 60.6 Å². The van der Waals surface area contributed by atoms with Crippen LogP contribution in [0.15, 0.2) is 23.3 Å². The van der Waals surface area contributed by atoms with Gasteiger partial charge in [-0.2, -0.15) is 0 Å². The minimum Gasteiger partial charge on any atom is -0.475 e. The fourth-order valence-corrected chi connectivity index (χ4v) is 3.98. The van der Waals surface area contributed by atoms with Crippen molar-refractivity contribution in [3.05, 3.63) is 23.4 Å². The predicted octanol–water partition coefficient (Wildman–Crippen LogP) is 3.08. The van der Waals surface area contributed by atoms with Gasteiger partial charge in [0.15, 0.2) is 5.96 Å². The van der Waals surface area contributed by atoms with Gasteiger partial charge in [0.25, 0.3) is 0 Å². The third-order valence-electron chi connectivity index (χ3n) is 5.21. The number of amides is 1. The average molecular weight is 536 g/mol.